The van der Waals surface area contributed by atoms with Gasteiger partial charge in [-0.3, -0.25) is 4.90 Å². The number of aryl methyl sites for hydroxylation is 1. The Morgan fingerprint density at radius 1 is 1.50 bits per heavy atom. The highest BCUT2D eigenvalue weighted by molar-refractivity contribution is 9.10. The van der Waals surface area contributed by atoms with Gasteiger partial charge in [-0.1, -0.05) is 22.0 Å². The van der Waals surface area contributed by atoms with Crippen LogP contribution in [0.5, 0.6) is 0 Å². The van der Waals surface area contributed by atoms with E-state index in [1.165, 1.54) is 11.1 Å². The first kappa shape index (κ1) is 14.0. The lowest BCUT2D eigenvalue weighted by molar-refractivity contribution is 0.326. The van der Waals surface area contributed by atoms with E-state index < -0.39 is 0 Å². The van der Waals surface area contributed by atoms with Crippen molar-refractivity contribution >= 4 is 28.3 Å². The molecule has 0 radical (unpaired) electrons. The van der Waals surface area contributed by atoms with Gasteiger partial charge in [-0.05, 0) is 36.6 Å². The first-order valence-corrected chi connectivity index (χ1v) is 6.17. The quantitative estimate of drug-likeness (QED) is 0.910. The fourth-order valence-corrected chi connectivity index (χ4v) is 2.56. The van der Waals surface area contributed by atoms with Crippen molar-refractivity contribution in [1.82, 2.24) is 4.90 Å². The Hall–Kier alpha value is -0.0900. The topological polar surface area (TPSA) is 29.3 Å². The van der Waals surface area contributed by atoms with Gasteiger partial charge in [-0.2, -0.15) is 0 Å². The molecule has 0 aliphatic carbocycles. The fraction of sp³-hybridized carbons (Fsp3) is 0.500. The van der Waals surface area contributed by atoms with Crippen LogP contribution in [0, 0.1) is 6.92 Å². The summed E-state index contributed by atoms with van der Waals surface area (Å²) >= 11 is 3.48. The van der Waals surface area contributed by atoms with Gasteiger partial charge in [0.2, 0.25) is 0 Å². The number of likely N-dealkylation sites (tertiary alicyclic amines) is 1. The fourth-order valence-electron chi connectivity index (χ4n) is 2.08. The molecule has 1 saturated heterocycles. The van der Waals surface area contributed by atoms with Gasteiger partial charge in [0.1, 0.15) is 0 Å². The molecule has 90 valence electrons. The Bertz CT molecular complexity index is 357. The van der Waals surface area contributed by atoms with Crippen LogP contribution in [0.3, 0.4) is 0 Å². The predicted octanol–water partition coefficient (Wildman–Crippen LogP) is 2.71. The molecule has 0 saturated carbocycles. The van der Waals surface area contributed by atoms with Gasteiger partial charge >= 0.3 is 0 Å². The van der Waals surface area contributed by atoms with Crippen LogP contribution in [-0.4, -0.2) is 24.0 Å². The summed E-state index contributed by atoms with van der Waals surface area (Å²) in [5.41, 5.74) is 8.65. The summed E-state index contributed by atoms with van der Waals surface area (Å²) in [4.78, 5) is 2.43. The molecule has 1 aliphatic heterocycles. The Balaban J connectivity index is 0.00000128. The molecule has 1 aliphatic rings. The smallest absolute Gasteiger partial charge is 0.0237 e. The number of hydrogen-bond acceptors (Lipinski definition) is 2. The second-order valence-electron chi connectivity index (χ2n) is 4.35. The van der Waals surface area contributed by atoms with Crippen LogP contribution < -0.4 is 5.73 Å². The molecule has 0 bridgehead atoms. The van der Waals surface area contributed by atoms with E-state index in [1.54, 1.807) is 0 Å². The van der Waals surface area contributed by atoms with E-state index in [0.717, 1.165) is 30.5 Å². The maximum atomic E-state index is 5.89. The first-order valence-electron chi connectivity index (χ1n) is 5.38. The third-order valence-electron chi connectivity index (χ3n) is 3.01. The predicted molar refractivity (Wildman–Crippen MR) is 74.0 cm³/mol. The highest BCUT2D eigenvalue weighted by Gasteiger charge is 2.19. The minimum Gasteiger partial charge on any atom is -0.326 e. The zero-order valence-electron chi connectivity index (χ0n) is 9.45. The summed E-state index contributed by atoms with van der Waals surface area (Å²) in [6.45, 7) is 5.37. The largest absolute Gasteiger partial charge is 0.326 e. The molecule has 0 aromatic heterocycles. The van der Waals surface area contributed by atoms with Crippen molar-refractivity contribution in [3.05, 3.63) is 33.8 Å². The van der Waals surface area contributed by atoms with E-state index in [2.05, 4.69) is 46.0 Å². The van der Waals surface area contributed by atoms with E-state index in [0.29, 0.717) is 6.04 Å². The van der Waals surface area contributed by atoms with Crippen molar-refractivity contribution in [1.29, 1.82) is 0 Å². The highest BCUT2D eigenvalue weighted by atomic mass is 79.9. The molecule has 2 nitrogen and oxygen atoms in total. The summed E-state index contributed by atoms with van der Waals surface area (Å²) in [5.74, 6) is 0. The third kappa shape index (κ3) is 3.45. The molecule has 1 aromatic carbocycles. The molecule has 2 rings (SSSR count). The SMILES string of the molecule is Cc1cc(Br)ccc1CN1CC[C@H](N)C1.Cl. The molecule has 16 heavy (non-hydrogen) atoms. The van der Waals surface area contributed by atoms with Crippen molar-refractivity contribution in [2.75, 3.05) is 13.1 Å². The standard InChI is InChI=1S/C12H17BrN2.ClH/c1-9-6-11(13)3-2-10(9)7-15-5-4-12(14)8-15;/h2-3,6,12H,4-5,7-8,14H2,1H3;1H/t12-;/m0./s1. The number of nitrogens with zero attached hydrogens (tertiary/aromatic N) is 1. The molecule has 0 spiro atoms. The van der Waals surface area contributed by atoms with Gasteiger partial charge in [0.25, 0.3) is 0 Å². The normalized spacial score (nSPS) is 20.8. The van der Waals surface area contributed by atoms with E-state index >= 15 is 0 Å². The van der Waals surface area contributed by atoms with Crippen molar-refractivity contribution in [3.8, 4) is 0 Å². The minimum atomic E-state index is 0. The summed E-state index contributed by atoms with van der Waals surface area (Å²) in [5, 5.41) is 0. The molecule has 1 heterocycles. The number of nitrogens with two attached hydrogens (primary N) is 1. The number of rotatable bonds is 2. The lowest BCUT2D eigenvalue weighted by Crippen LogP contribution is -2.26. The number of benzene rings is 1. The molecule has 0 unspecified atom stereocenters. The van der Waals surface area contributed by atoms with Gasteiger partial charge in [0, 0.05) is 30.1 Å². The first-order chi connectivity index (χ1) is 7.15. The zero-order chi connectivity index (χ0) is 10.8. The zero-order valence-corrected chi connectivity index (χ0v) is 11.9. The maximum absolute atomic E-state index is 5.89. The Morgan fingerprint density at radius 3 is 2.81 bits per heavy atom. The highest BCUT2D eigenvalue weighted by Crippen LogP contribution is 2.19. The van der Waals surface area contributed by atoms with Crippen LogP contribution in [0.4, 0.5) is 0 Å². The molecule has 1 aromatic rings. The average molecular weight is 306 g/mol. The second-order valence-corrected chi connectivity index (χ2v) is 5.27. The molecule has 0 amide bonds. The van der Waals surface area contributed by atoms with Crippen LogP contribution in [0.2, 0.25) is 0 Å². The average Bonchev–Trinajstić information content (AvgIpc) is 2.56. The van der Waals surface area contributed by atoms with Gasteiger partial charge in [-0.15, -0.1) is 12.4 Å². The molecule has 1 fully saturated rings. The van der Waals surface area contributed by atoms with Crippen LogP contribution in [0.25, 0.3) is 0 Å². The van der Waals surface area contributed by atoms with Crippen molar-refractivity contribution in [3.63, 3.8) is 0 Å². The number of halogens is 2. The number of hydrogen-bond donors (Lipinski definition) is 1. The Labute approximate surface area is 112 Å². The second kappa shape index (κ2) is 6.01. The Morgan fingerprint density at radius 2 is 2.25 bits per heavy atom. The third-order valence-corrected chi connectivity index (χ3v) is 3.50. The van der Waals surface area contributed by atoms with Crippen LogP contribution in [-0.2, 0) is 6.54 Å². The molecular weight excluding hydrogens is 288 g/mol. The van der Waals surface area contributed by atoms with Crippen molar-refractivity contribution in [2.24, 2.45) is 5.73 Å². The maximum Gasteiger partial charge on any atom is 0.0237 e. The van der Waals surface area contributed by atoms with E-state index in [4.69, 9.17) is 5.73 Å². The molecule has 4 heteroatoms. The van der Waals surface area contributed by atoms with Gasteiger partial charge in [0.15, 0.2) is 0 Å². The molecular formula is C12H18BrClN2. The van der Waals surface area contributed by atoms with Crippen molar-refractivity contribution < 1.29 is 0 Å². The van der Waals surface area contributed by atoms with Gasteiger partial charge in [0.05, 0.1) is 0 Å². The lowest BCUT2D eigenvalue weighted by atomic mass is 10.1. The lowest BCUT2D eigenvalue weighted by Gasteiger charge is -2.16. The van der Waals surface area contributed by atoms with E-state index in [1.807, 2.05) is 0 Å². The van der Waals surface area contributed by atoms with Crippen LogP contribution in [0.15, 0.2) is 22.7 Å². The minimum absolute atomic E-state index is 0. The van der Waals surface area contributed by atoms with Crippen LogP contribution >= 0.6 is 28.3 Å². The summed E-state index contributed by atoms with van der Waals surface area (Å²) < 4.78 is 1.15. The Kier molecular flexibility index (Phi) is 5.25. The molecule has 1 atom stereocenters. The summed E-state index contributed by atoms with van der Waals surface area (Å²) in [7, 11) is 0. The van der Waals surface area contributed by atoms with Crippen molar-refractivity contribution in [2.45, 2.75) is 25.9 Å². The van der Waals surface area contributed by atoms with Gasteiger partial charge in [-0.25, -0.2) is 0 Å². The van der Waals surface area contributed by atoms with Gasteiger partial charge < -0.3 is 5.73 Å². The summed E-state index contributed by atoms with van der Waals surface area (Å²) in [6.07, 6.45) is 1.13. The van der Waals surface area contributed by atoms with E-state index in [-0.39, 0.29) is 12.4 Å². The summed E-state index contributed by atoms with van der Waals surface area (Å²) in [6, 6.07) is 6.85. The van der Waals surface area contributed by atoms with E-state index in [9.17, 15) is 0 Å². The molecule has 2 N–H and O–H groups in total. The monoisotopic (exact) mass is 304 g/mol. The van der Waals surface area contributed by atoms with Crippen LogP contribution in [0.1, 0.15) is 17.5 Å².